The summed E-state index contributed by atoms with van der Waals surface area (Å²) < 4.78 is 0. The van der Waals surface area contributed by atoms with Gasteiger partial charge in [-0.25, -0.2) is 0 Å². The summed E-state index contributed by atoms with van der Waals surface area (Å²) in [5, 5.41) is 4.67. The van der Waals surface area contributed by atoms with Gasteiger partial charge >= 0.3 is 0 Å². The fraction of sp³-hybridized carbons (Fsp3) is 0.222. The van der Waals surface area contributed by atoms with Gasteiger partial charge in [0.2, 0.25) is 0 Å². The molecule has 3 nitrogen and oxygen atoms in total. The summed E-state index contributed by atoms with van der Waals surface area (Å²) in [6.07, 6.45) is 1.84. The number of nitrogens with one attached hydrogen (secondary N) is 1. The molecule has 0 aliphatic rings. The van der Waals surface area contributed by atoms with E-state index in [9.17, 15) is 0 Å². The normalized spacial score (nSPS) is 12.5. The SMILES string of the molecule is CCNC(c1ccc2nc(C)ccc2c1)c1ccccn1. The van der Waals surface area contributed by atoms with Gasteiger partial charge in [0.15, 0.2) is 0 Å². The maximum atomic E-state index is 4.56. The van der Waals surface area contributed by atoms with Crippen LogP contribution in [-0.4, -0.2) is 16.5 Å². The Bertz CT molecular complexity index is 738. The third-order valence-corrected chi connectivity index (χ3v) is 3.58. The van der Waals surface area contributed by atoms with Crippen molar-refractivity contribution in [3.05, 3.63) is 71.7 Å². The summed E-state index contributed by atoms with van der Waals surface area (Å²) in [5.74, 6) is 0. The van der Waals surface area contributed by atoms with Gasteiger partial charge in [0, 0.05) is 17.3 Å². The third kappa shape index (κ3) is 2.93. The number of nitrogens with zero attached hydrogens (tertiary/aromatic N) is 2. The zero-order valence-corrected chi connectivity index (χ0v) is 12.4. The van der Waals surface area contributed by atoms with Crippen molar-refractivity contribution in [3.63, 3.8) is 0 Å². The summed E-state index contributed by atoms with van der Waals surface area (Å²) in [6.45, 7) is 5.02. The average molecular weight is 277 g/mol. The van der Waals surface area contributed by atoms with Gasteiger partial charge in [0.05, 0.1) is 17.3 Å². The summed E-state index contributed by atoms with van der Waals surface area (Å²) in [5.41, 5.74) is 4.34. The summed E-state index contributed by atoms with van der Waals surface area (Å²) >= 11 is 0. The number of aromatic nitrogens is 2. The number of rotatable bonds is 4. The van der Waals surface area contributed by atoms with Crippen LogP contribution in [0.25, 0.3) is 10.9 Å². The molecule has 0 fully saturated rings. The van der Waals surface area contributed by atoms with Crippen molar-refractivity contribution in [3.8, 4) is 0 Å². The van der Waals surface area contributed by atoms with Crippen LogP contribution in [0.1, 0.15) is 29.9 Å². The van der Waals surface area contributed by atoms with Crippen molar-refractivity contribution in [1.82, 2.24) is 15.3 Å². The molecule has 1 N–H and O–H groups in total. The third-order valence-electron chi connectivity index (χ3n) is 3.58. The van der Waals surface area contributed by atoms with Crippen molar-refractivity contribution in [2.45, 2.75) is 19.9 Å². The molecule has 0 radical (unpaired) electrons. The molecule has 2 aromatic heterocycles. The lowest BCUT2D eigenvalue weighted by Gasteiger charge is -2.18. The number of hydrogen-bond donors (Lipinski definition) is 1. The van der Waals surface area contributed by atoms with E-state index in [2.05, 4.69) is 58.6 Å². The minimum absolute atomic E-state index is 0.113. The molecule has 0 aliphatic carbocycles. The lowest BCUT2D eigenvalue weighted by Crippen LogP contribution is -2.22. The molecule has 0 aliphatic heterocycles. The molecule has 0 bridgehead atoms. The zero-order valence-electron chi connectivity index (χ0n) is 12.4. The van der Waals surface area contributed by atoms with Crippen LogP contribution >= 0.6 is 0 Å². The molecule has 106 valence electrons. The first-order valence-corrected chi connectivity index (χ1v) is 7.29. The Morgan fingerprint density at radius 1 is 1.10 bits per heavy atom. The molecular weight excluding hydrogens is 258 g/mol. The average Bonchev–Trinajstić information content (AvgIpc) is 2.53. The van der Waals surface area contributed by atoms with Gasteiger partial charge < -0.3 is 5.32 Å². The van der Waals surface area contributed by atoms with Gasteiger partial charge in [0.1, 0.15) is 0 Å². The van der Waals surface area contributed by atoms with Gasteiger partial charge in [-0.15, -0.1) is 0 Å². The molecule has 1 unspecified atom stereocenters. The van der Waals surface area contributed by atoms with Crippen LogP contribution in [0.3, 0.4) is 0 Å². The minimum Gasteiger partial charge on any atom is -0.305 e. The van der Waals surface area contributed by atoms with Crippen LogP contribution in [-0.2, 0) is 0 Å². The van der Waals surface area contributed by atoms with Crippen molar-refractivity contribution in [2.24, 2.45) is 0 Å². The largest absolute Gasteiger partial charge is 0.305 e. The molecule has 3 aromatic rings. The molecule has 0 spiro atoms. The Morgan fingerprint density at radius 2 is 2.00 bits per heavy atom. The van der Waals surface area contributed by atoms with Crippen LogP contribution < -0.4 is 5.32 Å². The van der Waals surface area contributed by atoms with Crippen LogP contribution in [0, 0.1) is 6.92 Å². The van der Waals surface area contributed by atoms with Gasteiger partial charge in [-0.3, -0.25) is 9.97 Å². The highest BCUT2D eigenvalue weighted by Gasteiger charge is 2.14. The lowest BCUT2D eigenvalue weighted by molar-refractivity contribution is 0.616. The number of pyridine rings is 2. The molecule has 0 amide bonds. The molecule has 3 rings (SSSR count). The standard InChI is InChI=1S/C18H19N3/c1-3-19-18(17-6-4-5-11-20-17)15-9-10-16-14(12-15)8-7-13(2)21-16/h4-12,18-19H,3H2,1-2H3. The highest BCUT2D eigenvalue weighted by atomic mass is 14.9. The Labute approximate surface area is 125 Å². The molecule has 1 aromatic carbocycles. The molecule has 2 heterocycles. The number of fused-ring (bicyclic) bond motifs is 1. The maximum absolute atomic E-state index is 4.56. The van der Waals surface area contributed by atoms with E-state index in [0.29, 0.717) is 0 Å². The number of aryl methyl sites for hydroxylation is 1. The zero-order chi connectivity index (χ0) is 14.7. The van der Waals surface area contributed by atoms with Crippen molar-refractivity contribution in [2.75, 3.05) is 6.54 Å². The van der Waals surface area contributed by atoms with Crippen LogP contribution in [0.15, 0.2) is 54.7 Å². The van der Waals surface area contributed by atoms with Gasteiger partial charge in [-0.2, -0.15) is 0 Å². The molecule has 21 heavy (non-hydrogen) atoms. The highest BCUT2D eigenvalue weighted by molar-refractivity contribution is 5.79. The van der Waals surface area contributed by atoms with E-state index in [1.165, 1.54) is 5.56 Å². The fourth-order valence-electron chi connectivity index (χ4n) is 2.57. The van der Waals surface area contributed by atoms with E-state index >= 15 is 0 Å². The topological polar surface area (TPSA) is 37.8 Å². The first-order valence-electron chi connectivity index (χ1n) is 7.29. The molecule has 1 atom stereocenters. The smallest absolute Gasteiger partial charge is 0.0751 e. The van der Waals surface area contributed by atoms with Crippen LogP contribution in [0.2, 0.25) is 0 Å². The number of hydrogen-bond acceptors (Lipinski definition) is 3. The molecule has 0 saturated carbocycles. The minimum atomic E-state index is 0.113. The monoisotopic (exact) mass is 277 g/mol. The Kier molecular flexibility index (Phi) is 3.93. The van der Waals surface area contributed by atoms with Gasteiger partial charge in [0.25, 0.3) is 0 Å². The summed E-state index contributed by atoms with van der Waals surface area (Å²) in [4.78, 5) is 9.05. The quantitative estimate of drug-likeness (QED) is 0.791. The van der Waals surface area contributed by atoms with Crippen molar-refractivity contribution in [1.29, 1.82) is 0 Å². The van der Waals surface area contributed by atoms with E-state index in [4.69, 9.17) is 0 Å². The predicted molar refractivity (Wildman–Crippen MR) is 86.2 cm³/mol. The van der Waals surface area contributed by atoms with Crippen LogP contribution in [0.4, 0.5) is 0 Å². The first kappa shape index (κ1) is 13.7. The van der Waals surface area contributed by atoms with Crippen LogP contribution in [0.5, 0.6) is 0 Å². The molecule has 3 heteroatoms. The van der Waals surface area contributed by atoms with Gasteiger partial charge in [-0.1, -0.05) is 25.1 Å². The first-order chi connectivity index (χ1) is 10.3. The summed E-state index contributed by atoms with van der Waals surface area (Å²) in [7, 11) is 0. The van der Waals surface area contributed by atoms with Crippen molar-refractivity contribution < 1.29 is 0 Å². The van der Waals surface area contributed by atoms with Gasteiger partial charge in [-0.05, 0) is 49.4 Å². The Morgan fingerprint density at radius 3 is 2.76 bits per heavy atom. The second-order valence-electron chi connectivity index (χ2n) is 5.15. The van der Waals surface area contributed by atoms with Crippen molar-refractivity contribution >= 4 is 10.9 Å². The highest BCUT2D eigenvalue weighted by Crippen LogP contribution is 2.24. The van der Waals surface area contributed by atoms with E-state index in [1.807, 2.05) is 25.3 Å². The number of benzene rings is 1. The fourth-order valence-corrected chi connectivity index (χ4v) is 2.57. The summed E-state index contributed by atoms with van der Waals surface area (Å²) in [6, 6.07) is 16.7. The van der Waals surface area contributed by atoms with E-state index in [-0.39, 0.29) is 6.04 Å². The Hall–Kier alpha value is -2.26. The van der Waals surface area contributed by atoms with E-state index < -0.39 is 0 Å². The molecular formula is C18H19N3. The van der Waals surface area contributed by atoms with E-state index in [0.717, 1.165) is 28.8 Å². The Balaban J connectivity index is 2.05. The maximum Gasteiger partial charge on any atom is 0.0751 e. The molecule has 0 saturated heterocycles. The van der Waals surface area contributed by atoms with E-state index in [1.54, 1.807) is 0 Å². The predicted octanol–water partition coefficient (Wildman–Crippen LogP) is 3.64. The second kappa shape index (κ2) is 6.02. The lowest BCUT2D eigenvalue weighted by atomic mass is 10.0. The second-order valence-corrected chi connectivity index (χ2v) is 5.15.